The topological polar surface area (TPSA) is 53.1 Å². The summed E-state index contributed by atoms with van der Waals surface area (Å²) in [7, 11) is 0. The molecule has 5 heteroatoms. The molecule has 19 heavy (non-hydrogen) atoms. The Morgan fingerprint density at radius 2 is 2.21 bits per heavy atom. The largest absolute Gasteiger partial charge is 0.366 e. The number of rotatable bonds is 5. The predicted molar refractivity (Wildman–Crippen MR) is 79.7 cm³/mol. The summed E-state index contributed by atoms with van der Waals surface area (Å²) in [6.07, 6.45) is 2.48. The van der Waals surface area contributed by atoms with Gasteiger partial charge in [0.05, 0.1) is 0 Å². The van der Waals surface area contributed by atoms with E-state index >= 15 is 0 Å². The van der Waals surface area contributed by atoms with Gasteiger partial charge in [0.15, 0.2) is 0 Å². The molecule has 0 bridgehead atoms. The highest BCUT2D eigenvalue weighted by atomic mass is 15.2. The van der Waals surface area contributed by atoms with Crippen molar-refractivity contribution in [1.29, 1.82) is 0 Å². The predicted octanol–water partition coefficient (Wildman–Crippen LogP) is 2.11. The summed E-state index contributed by atoms with van der Waals surface area (Å²) in [4.78, 5) is 11.4. The summed E-state index contributed by atoms with van der Waals surface area (Å²) in [5.41, 5.74) is 0.997. The Morgan fingerprint density at radius 3 is 2.95 bits per heavy atom. The minimum Gasteiger partial charge on any atom is -0.366 e. The third-order valence-corrected chi connectivity index (χ3v) is 3.49. The molecule has 0 saturated carbocycles. The van der Waals surface area contributed by atoms with Crippen molar-refractivity contribution in [2.45, 2.75) is 39.7 Å². The molecule has 0 amide bonds. The molecule has 1 unspecified atom stereocenters. The van der Waals surface area contributed by atoms with Crippen molar-refractivity contribution in [2.24, 2.45) is 0 Å². The lowest BCUT2D eigenvalue weighted by Gasteiger charge is -2.32. The Labute approximate surface area is 115 Å². The lowest BCUT2D eigenvalue weighted by Crippen LogP contribution is -2.42. The van der Waals surface area contributed by atoms with Gasteiger partial charge in [0.2, 0.25) is 5.95 Å². The molecule has 1 fully saturated rings. The molecule has 2 N–H and O–H groups in total. The van der Waals surface area contributed by atoms with E-state index in [1.54, 1.807) is 0 Å². The molecule has 0 aliphatic carbocycles. The van der Waals surface area contributed by atoms with E-state index in [9.17, 15) is 0 Å². The zero-order valence-corrected chi connectivity index (χ0v) is 12.2. The van der Waals surface area contributed by atoms with E-state index in [-0.39, 0.29) is 0 Å². The number of nitrogens with zero attached hydrogens (tertiary/aromatic N) is 3. The fourth-order valence-corrected chi connectivity index (χ4v) is 2.55. The number of hydrogen-bond donors (Lipinski definition) is 2. The van der Waals surface area contributed by atoms with Crippen LogP contribution in [0, 0.1) is 6.92 Å². The lowest BCUT2D eigenvalue weighted by atomic mass is 10.1. The first-order valence-corrected chi connectivity index (χ1v) is 7.29. The normalized spacial score (nSPS) is 20.3. The number of hydrogen-bond acceptors (Lipinski definition) is 5. The first-order chi connectivity index (χ1) is 9.21. The van der Waals surface area contributed by atoms with E-state index in [4.69, 9.17) is 0 Å². The number of piperidine rings is 1. The van der Waals surface area contributed by atoms with E-state index in [1.807, 2.05) is 13.0 Å². The highest BCUT2D eigenvalue weighted by Gasteiger charge is 2.19. The lowest BCUT2D eigenvalue weighted by molar-refractivity contribution is 0.226. The van der Waals surface area contributed by atoms with Gasteiger partial charge in [-0.25, -0.2) is 4.98 Å². The Balaban J connectivity index is 2.01. The molecule has 1 saturated heterocycles. The number of likely N-dealkylation sites (tertiary alicyclic amines) is 1. The highest BCUT2D eigenvalue weighted by Crippen LogP contribution is 2.16. The van der Waals surface area contributed by atoms with Crippen LogP contribution in [-0.4, -0.2) is 47.1 Å². The fourth-order valence-electron chi connectivity index (χ4n) is 2.55. The van der Waals surface area contributed by atoms with Crippen LogP contribution in [0.2, 0.25) is 0 Å². The van der Waals surface area contributed by atoms with Gasteiger partial charge in [-0.2, -0.15) is 4.98 Å². The summed E-state index contributed by atoms with van der Waals surface area (Å²) in [6, 6.07) is 2.52. The van der Waals surface area contributed by atoms with Crippen molar-refractivity contribution in [1.82, 2.24) is 14.9 Å². The minimum absolute atomic E-state index is 0.498. The second-order valence-electron chi connectivity index (χ2n) is 5.13. The zero-order valence-electron chi connectivity index (χ0n) is 12.2. The van der Waals surface area contributed by atoms with Gasteiger partial charge in [0.1, 0.15) is 5.82 Å². The van der Waals surface area contributed by atoms with Gasteiger partial charge >= 0.3 is 0 Å². The van der Waals surface area contributed by atoms with Crippen LogP contribution in [-0.2, 0) is 0 Å². The van der Waals surface area contributed by atoms with Gasteiger partial charge in [-0.15, -0.1) is 0 Å². The smallest absolute Gasteiger partial charge is 0.224 e. The maximum absolute atomic E-state index is 4.52. The monoisotopic (exact) mass is 263 g/mol. The molecule has 2 heterocycles. The third-order valence-electron chi connectivity index (χ3n) is 3.49. The van der Waals surface area contributed by atoms with Crippen LogP contribution in [0.15, 0.2) is 6.07 Å². The van der Waals surface area contributed by atoms with E-state index in [0.29, 0.717) is 12.0 Å². The molecule has 2 rings (SSSR count). The Morgan fingerprint density at radius 1 is 1.37 bits per heavy atom. The first-order valence-electron chi connectivity index (χ1n) is 7.29. The van der Waals surface area contributed by atoms with Gasteiger partial charge < -0.3 is 15.5 Å². The van der Waals surface area contributed by atoms with Crippen molar-refractivity contribution >= 4 is 11.8 Å². The van der Waals surface area contributed by atoms with E-state index < -0.39 is 0 Å². The van der Waals surface area contributed by atoms with Crippen LogP contribution in [0.25, 0.3) is 0 Å². The van der Waals surface area contributed by atoms with Gasteiger partial charge in [-0.1, -0.05) is 6.92 Å². The highest BCUT2D eigenvalue weighted by molar-refractivity contribution is 5.43. The van der Waals surface area contributed by atoms with Crippen LogP contribution >= 0.6 is 0 Å². The van der Waals surface area contributed by atoms with Crippen LogP contribution in [0.4, 0.5) is 11.8 Å². The van der Waals surface area contributed by atoms with E-state index in [1.165, 1.54) is 19.4 Å². The molecule has 1 aromatic heterocycles. The molecule has 1 aliphatic heterocycles. The molecule has 0 spiro atoms. The summed E-state index contributed by atoms with van der Waals surface area (Å²) >= 11 is 0. The van der Waals surface area contributed by atoms with Crippen LogP contribution < -0.4 is 10.6 Å². The van der Waals surface area contributed by atoms with Gasteiger partial charge in [-0.3, -0.25) is 0 Å². The number of aryl methyl sites for hydroxylation is 1. The average Bonchev–Trinajstić information content (AvgIpc) is 2.38. The third kappa shape index (κ3) is 4.06. The van der Waals surface area contributed by atoms with Gasteiger partial charge in [-0.05, 0) is 39.8 Å². The van der Waals surface area contributed by atoms with Crippen LogP contribution in [0.5, 0.6) is 0 Å². The van der Waals surface area contributed by atoms with E-state index in [0.717, 1.165) is 31.1 Å². The Kier molecular flexibility index (Phi) is 4.96. The summed E-state index contributed by atoms with van der Waals surface area (Å²) in [6.45, 7) is 10.6. The number of likely N-dealkylation sites (N-methyl/N-ethyl adjacent to an activating group) is 1. The van der Waals surface area contributed by atoms with E-state index in [2.05, 4.69) is 39.3 Å². The number of nitrogens with one attached hydrogen (secondary N) is 2. The quantitative estimate of drug-likeness (QED) is 0.852. The van der Waals surface area contributed by atoms with Crippen molar-refractivity contribution in [3.63, 3.8) is 0 Å². The van der Waals surface area contributed by atoms with Crippen molar-refractivity contribution < 1.29 is 0 Å². The Hall–Kier alpha value is -1.36. The fraction of sp³-hybridized carbons (Fsp3) is 0.714. The molecule has 1 aromatic rings. The number of anilines is 2. The van der Waals surface area contributed by atoms with Crippen molar-refractivity contribution in [2.75, 3.05) is 36.8 Å². The molecular formula is C14H25N5. The van der Waals surface area contributed by atoms with Crippen molar-refractivity contribution in [3.8, 4) is 0 Å². The van der Waals surface area contributed by atoms with Crippen LogP contribution in [0.1, 0.15) is 32.4 Å². The average molecular weight is 263 g/mol. The molecule has 1 atom stereocenters. The maximum atomic E-state index is 4.52. The van der Waals surface area contributed by atoms with Crippen LogP contribution in [0.3, 0.4) is 0 Å². The van der Waals surface area contributed by atoms with Gasteiger partial charge in [0, 0.05) is 30.9 Å². The molecule has 106 valence electrons. The molecule has 5 nitrogen and oxygen atoms in total. The van der Waals surface area contributed by atoms with Gasteiger partial charge in [0.25, 0.3) is 0 Å². The second-order valence-corrected chi connectivity index (χ2v) is 5.13. The standard InChI is InChI=1S/C14H25N5/c1-4-15-14-16-11(3)9-13(18-14)17-12-7-6-8-19(5-2)10-12/h9,12H,4-8,10H2,1-3H3,(H2,15,16,17,18). The first kappa shape index (κ1) is 14.1. The zero-order chi connectivity index (χ0) is 13.7. The Bertz CT molecular complexity index is 407. The maximum Gasteiger partial charge on any atom is 0.224 e. The summed E-state index contributed by atoms with van der Waals surface area (Å²) in [5.74, 6) is 1.65. The second kappa shape index (κ2) is 6.70. The van der Waals surface area contributed by atoms with Crippen molar-refractivity contribution in [3.05, 3.63) is 11.8 Å². The molecule has 1 aliphatic rings. The summed E-state index contributed by atoms with van der Waals surface area (Å²) in [5, 5.41) is 6.73. The molecule has 0 radical (unpaired) electrons. The molecular weight excluding hydrogens is 238 g/mol. The minimum atomic E-state index is 0.498. The summed E-state index contributed by atoms with van der Waals surface area (Å²) < 4.78 is 0. The molecule has 0 aromatic carbocycles. The SMILES string of the molecule is CCNc1nc(C)cc(NC2CCCN(CC)C2)n1. The number of aromatic nitrogens is 2.